The summed E-state index contributed by atoms with van der Waals surface area (Å²) in [4.78, 5) is 0. The van der Waals surface area contributed by atoms with E-state index in [4.69, 9.17) is 23.7 Å². The minimum Gasteiger partial charge on any atom is -0.493 e. The third-order valence-corrected chi connectivity index (χ3v) is 4.87. The second-order valence-corrected chi connectivity index (χ2v) is 7.45. The van der Waals surface area contributed by atoms with Crippen LogP contribution in [0.15, 0.2) is 54.6 Å². The van der Waals surface area contributed by atoms with Crippen LogP contribution in [0, 0.1) is 0 Å². The van der Waals surface area contributed by atoms with Crippen molar-refractivity contribution in [3.8, 4) is 17.2 Å². The fourth-order valence-corrected chi connectivity index (χ4v) is 3.03. The van der Waals surface area contributed by atoms with Gasteiger partial charge >= 0.3 is 0 Å². The molecule has 0 spiro atoms. The van der Waals surface area contributed by atoms with E-state index in [-0.39, 0.29) is 6.61 Å². The van der Waals surface area contributed by atoms with Gasteiger partial charge in [0.05, 0.1) is 40.6 Å². The number of ether oxygens (including phenoxy) is 5. The quantitative estimate of drug-likeness (QED) is 0.277. The molecule has 33 heavy (non-hydrogen) atoms. The summed E-state index contributed by atoms with van der Waals surface area (Å²) >= 11 is 0. The van der Waals surface area contributed by atoms with Crippen LogP contribution in [0.25, 0.3) is 0 Å². The number of allylic oxidation sites excluding steroid dienone is 1. The standard InChI is InChI=1S/C26H37NO6/c1-4-5-14-31-15-16-32-19-22-6-9-24(10-7-22)33-20-23(28)18-27-13-12-21-8-11-25(29-2)26(17-21)30-3/h4-11,17,23,27-28H,12-16,18-20H2,1-3H3. The number of hydrogen-bond donors (Lipinski definition) is 2. The molecule has 1 atom stereocenters. The summed E-state index contributed by atoms with van der Waals surface area (Å²) in [5, 5.41) is 13.4. The van der Waals surface area contributed by atoms with Gasteiger partial charge in [-0.2, -0.15) is 0 Å². The van der Waals surface area contributed by atoms with Crippen LogP contribution in [0.1, 0.15) is 18.1 Å². The van der Waals surface area contributed by atoms with Crippen molar-refractivity contribution < 1.29 is 28.8 Å². The molecule has 0 radical (unpaired) electrons. The molecule has 0 aromatic heterocycles. The van der Waals surface area contributed by atoms with Gasteiger partial charge in [-0.05, 0) is 55.3 Å². The SMILES string of the molecule is CC=CCOCCOCc1ccc(OCC(O)CNCCc2ccc(OC)c(OC)c2)cc1. The van der Waals surface area contributed by atoms with E-state index in [0.29, 0.717) is 38.7 Å². The van der Waals surface area contributed by atoms with Crippen LogP contribution in [0.3, 0.4) is 0 Å². The van der Waals surface area contributed by atoms with Gasteiger partial charge in [-0.1, -0.05) is 30.4 Å². The van der Waals surface area contributed by atoms with Crippen molar-refractivity contribution in [1.82, 2.24) is 5.32 Å². The molecule has 0 amide bonds. The van der Waals surface area contributed by atoms with Crippen LogP contribution in [-0.4, -0.2) is 64.9 Å². The van der Waals surface area contributed by atoms with Crippen LogP contribution in [0.5, 0.6) is 17.2 Å². The van der Waals surface area contributed by atoms with Crippen molar-refractivity contribution >= 4 is 0 Å². The number of methoxy groups -OCH3 is 2. The summed E-state index contributed by atoms with van der Waals surface area (Å²) in [6.07, 6.45) is 4.15. The molecule has 7 heteroatoms. The van der Waals surface area contributed by atoms with Crippen molar-refractivity contribution in [2.45, 2.75) is 26.1 Å². The first-order chi connectivity index (χ1) is 16.2. The van der Waals surface area contributed by atoms with E-state index in [2.05, 4.69) is 5.32 Å². The molecule has 0 aliphatic carbocycles. The normalized spacial score (nSPS) is 12.1. The van der Waals surface area contributed by atoms with E-state index < -0.39 is 6.10 Å². The van der Waals surface area contributed by atoms with E-state index >= 15 is 0 Å². The molecule has 1 unspecified atom stereocenters. The summed E-state index contributed by atoms with van der Waals surface area (Å²) in [6, 6.07) is 13.6. The first kappa shape index (κ1) is 26.7. The third kappa shape index (κ3) is 10.7. The Morgan fingerprint density at radius 3 is 2.39 bits per heavy atom. The fourth-order valence-electron chi connectivity index (χ4n) is 3.03. The minimum absolute atomic E-state index is 0.225. The predicted octanol–water partition coefficient (Wildman–Crippen LogP) is 3.39. The van der Waals surface area contributed by atoms with Gasteiger partial charge in [0.2, 0.25) is 0 Å². The Labute approximate surface area is 197 Å². The summed E-state index contributed by atoms with van der Waals surface area (Å²) in [5.74, 6) is 2.15. The van der Waals surface area contributed by atoms with Gasteiger partial charge in [0.1, 0.15) is 18.5 Å². The Morgan fingerprint density at radius 1 is 0.939 bits per heavy atom. The van der Waals surface area contributed by atoms with Crippen molar-refractivity contribution in [2.75, 3.05) is 53.7 Å². The molecule has 2 rings (SSSR count). The Hall–Kier alpha value is -2.58. The molecule has 182 valence electrons. The monoisotopic (exact) mass is 459 g/mol. The van der Waals surface area contributed by atoms with E-state index in [0.717, 1.165) is 35.6 Å². The molecule has 0 saturated carbocycles. The molecule has 2 aromatic rings. The largest absolute Gasteiger partial charge is 0.493 e. The van der Waals surface area contributed by atoms with Crippen molar-refractivity contribution in [2.24, 2.45) is 0 Å². The van der Waals surface area contributed by atoms with E-state index in [1.165, 1.54) is 0 Å². The lowest BCUT2D eigenvalue weighted by Crippen LogP contribution is -2.32. The summed E-state index contributed by atoms with van der Waals surface area (Å²) in [6.45, 7) is 5.66. The van der Waals surface area contributed by atoms with Crippen molar-refractivity contribution in [1.29, 1.82) is 0 Å². The van der Waals surface area contributed by atoms with Gasteiger partial charge in [-0.25, -0.2) is 0 Å². The van der Waals surface area contributed by atoms with Crippen LogP contribution < -0.4 is 19.5 Å². The maximum absolute atomic E-state index is 10.2. The number of rotatable bonds is 17. The Kier molecular flexibility index (Phi) is 13.0. The summed E-state index contributed by atoms with van der Waals surface area (Å²) in [5.41, 5.74) is 2.20. The van der Waals surface area contributed by atoms with Crippen molar-refractivity contribution in [3.05, 3.63) is 65.7 Å². The molecule has 2 N–H and O–H groups in total. The average molecular weight is 460 g/mol. The molecule has 0 aliphatic rings. The van der Waals surface area contributed by atoms with Crippen LogP contribution in [-0.2, 0) is 22.5 Å². The Bertz CT molecular complexity index is 809. The van der Waals surface area contributed by atoms with Crippen LogP contribution in [0.2, 0.25) is 0 Å². The highest BCUT2D eigenvalue weighted by molar-refractivity contribution is 5.42. The molecule has 0 bridgehead atoms. The highest BCUT2D eigenvalue weighted by atomic mass is 16.5. The number of benzene rings is 2. The molecule has 0 aliphatic heterocycles. The summed E-state index contributed by atoms with van der Waals surface area (Å²) < 4.78 is 27.3. The predicted molar refractivity (Wildman–Crippen MR) is 129 cm³/mol. The lowest BCUT2D eigenvalue weighted by Gasteiger charge is -2.14. The molecule has 0 saturated heterocycles. The van der Waals surface area contributed by atoms with E-state index in [9.17, 15) is 5.11 Å². The van der Waals surface area contributed by atoms with Crippen LogP contribution in [0.4, 0.5) is 0 Å². The second-order valence-electron chi connectivity index (χ2n) is 7.45. The van der Waals surface area contributed by atoms with Gasteiger partial charge < -0.3 is 34.1 Å². The first-order valence-electron chi connectivity index (χ1n) is 11.2. The Balaban J connectivity index is 1.58. The van der Waals surface area contributed by atoms with Gasteiger partial charge in [-0.15, -0.1) is 0 Å². The number of hydrogen-bond acceptors (Lipinski definition) is 7. The smallest absolute Gasteiger partial charge is 0.160 e. The lowest BCUT2D eigenvalue weighted by molar-refractivity contribution is 0.0503. The number of nitrogens with one attached hydrogen (secondary N) is 1. The number of aliphatic hydroxyl groups excluding tert-OH is 1. The topological polar surface area (TPSA) is 78.4 Å². The highest BCUT2D eigenvalue weighted by Crippen LogP contribution is 2.27. The zero-order valence-corrected chi connectivity index (χ0v) is 19.9. The average Bonchev–Trinajstić information content (AvgIpc) is 2.85. The van der Waals surface area contributed by atoms with Crippen molar-refractivity contribution in [3.63, 3.8) is 0 Å². The second kappa shape index (κ2) is 16.1. The van der Waals surface area contributed by atoms with E-state index in [1.54, 1.807) is 14.2 Å². The molecule has 0 heterocycles. The van der Waals surface area contributed by atoms with Gasteiger partial charge in [0.25, 0.3) is 0 Å². The molecule has 0 fully saturated rings. The highest BCUT2D eigenvalue weighted by Gasteiger charge is 2.07. The molecular weight excluding hydrogens is 422 g/mol. The maximum atomic E-state index is 10.2. The zero-order chi connectivity index (χ0) is 23.7. The summed E-state index contributed by atoms with van der Waals surface area (Å²) in [7, 11) is 3.25. The van der Waals surface area contributed by atoms with Gasteiger partial charge in [0, 0.05) is 6.54 Å². The zero-order valence-electron chi connectivity index (χ0n) is 19.9. The lowest BCUT2D eigenvalue weighted by atomic mass is 10.1. The first-order valence-corrected chi connectivity index (χ1v) is 11.2. The molecule has 2 aromatic carbocycles. The molecule has 7 nitrogen and oxygen atoms in total. The van der Waals surface area contributed by atoms with Gasteiger partial charge in [0.15, 0.2) is 11.5 Å². The fraction of sp³-hybridized carbons (Fsp3) is 0.462. The Morgan fingerprint density at radius 2 is 1.67 bits per heavy atom. The van der Waals surface area contributed by atoms with E-state index in [1.807, 2.05) is 61.5 Å². The van der Waals surface area contributed by atoms with Crippen LogP contribution >= 0.6 is 0 Å². The molecular formula is C26H37NO6. The van der Waals surface area contributed by atoms with Gasteiger partial charge in [-0.3, -0.25) is 0 Å². The number of aliphatic hydroxyl groups is 1. The maximum Gasteiger partial charge on any atom is 0.160 e. The third-order valence-electron chi connectivity index (χ3n) is 4.87. The minimum atomic E-state index is -0.596.